The van der Waals surface area contributed by atoms with Crippen LogP contribution < -0.4 is 0 Å². The number of halogens is 2. The van der Waals surface area contributed by atoms with Crippen LogP contribution in [0.2, 0.25) is 0 Å². The molecule has 5 heteroatoms. The fourth-order valence-corrected chi connectivity index (χ4v) is 2.34. The molecule has 0 amide bonds. The summed E-state index contributed by atoms with van der Waals surface area (Å²) < 4.78 is 1.42. The number of phenolic OH excluding ortho intramolecular Hbond substituents is 1. The molecule has 1 aliphatic rings. The maximum absolute atomic E-state index is 9.18. The largest absolute Gasteiger partial charge is 0.147 e. The van der Waals surface area contributed by atoms with Crippen LogP contribution in [0.4, 0.5) is 0 Å². The fraction of sp³-hybridized carbons (Fsp3) is 0.476. The molecular weight excluding hydrogens is 415 g/mol. The monoisotopic (exact) mass is 446 g/mol. The average molecular weight is 447 g/mol. The zero-order valence-corrected chi connectivity index (χ0v) is 21.3. The summed E-state index contributed by atoms with van der Waals surface area (Å²) in [6, 6.07) is 7.39. The summed E-state index contributed by atoms with van der Waals surface area (Å²) in [6.45, 7) is 17.0. The van der Waals surface area contributed by atoms with Gasteiger partial charge in [-0.05, 0) is 23.1 Å². The molecule has 0 fully saturated rings. The minimum Gasteiger partial charge on any atom is -0.147 e. The van der Waals surface area contributed by atoms with Crippen LogP contribution in [0.15, 0.2) is 40.6 Å². The molecule has 0 saturated carbocycles. The number of aromatic hydroxyl groups is 1. The van der Waals surface area contributed by atoms with Crippen molar-refractivity contribution in [3.63, 3.8) is 0 Å². The Bertz CT molecular complexity index is 627. The predicted molar refractivity (Wildman–Crippen MR) is 118 cm³/mol. The molecule has 0 heterocycles. The van der Waals surface area contributed by atoms with Crippen molar-refractivity contribution in [2.45, 2.75) is 60.8 Å². The van der Waals surface area contributed by atoms with Gasteiger partial charge in [0, 0.05) is 10.2 Å². The van der Waals surface area contributed by atoms with E-state index in [1.165, 1.54) is 15.0 Å². The van der Waals surface area contributed by atoms with E-state index in [1.54, 1.807) is 12.1 Å². The summed E-state index contributed by atoms with van der Waals surface area (Å²) in [4.78, 5) is 0. The van der Waals surface area contributed by atoms with Gasteiger partial charge in [0.2, 0.25) is 0 Å². The van der Waals surface area contributed by atoms with Crippen LogP contribution in [-0.4, -0.2) is 19.2 Å². The molecule has 1 unspecified atom stereocenters. The van der Waals surface area contributed by atoms with Crippen molar-refractivity contribution in [1.82, 2.24) is 0 Å². The van der Waals surface area contributed by atoms with Gasteiger partial charge >= 0.3 is 37.6 Å². The van der Waals surface area contributed by atoms with Crippen molar-refractivity contribution < 1.29 is 25.1 Å². The molecule has 144 valence electrons. The van der Waals surface area contributed by atoms with Gasteiger partial charge in [-0.25, -0.2) is 10.8 Å². The molecule has 1 nitrogen and oxygen atoms in total. The van der Waals surface area contributed by atoms with Crippen molar-refractivity contribution in [2.24, 2.45) is 5.92 Å². The number of hydrogen-bond donors (Lipinski definition) is 1. The van der Waals surface area contributed by atoms with E-state index in [4.69, 9.17) is 0 Å². The Hall–Kier alpha value is -0.119. The molecule has 0 bridgehead atoms. The summed E-state index contributed by atoms with van der Waals surface area (Å²) in [5.41, 5.74) is 4.07. The fourth-order valence-electron chi connectivity index (χ4n) is 1.93. The Labute approximate surface area is 187 Å². The first kappa shape index (κ1) is 30.6. The number of rotatable bonds is 0. The van der Waals surface area contributed by atoms with E-state index in [0.717, 1.165) is 10.8 Å². The molecule has 1 aliphatic carbocycles. The molecule has 2 rings (SSSR count). The van der Waals surface area contributed by atoms with Gasteiger partial charge in [-0.1, -0.05) is 52.7 Å². The minimum absolute atomic E-state index is 0. The second-order valence-corrected chi connectivity index (χ2v) is 9.41. The Morgan fingerprint density at radius 1 is 1.15 bits per heavy atom. The first-order valence-corrected chi connectivity index (χ1v) is 9.48. The zero-order chi connectivity index (χ0) is 19.1. The van der Waals surface area contributed by atoms with Crippen LogP contribution in [0.1, 0.15) is 61.0 Å². The zero-order valence-electron chi connectivity index (χ0n) is 17.2. The second-order valence-electron chi connectivity index (χ2n) is 7.35. The predicted octanol–water partition coefficient (Wildman–Crippen LogP) is 6.11. The van der Waals surface area contributed by atoms with Crippen LogP contribution in [0.5, 0.6) is 5.75 Å². The van der Waals surface area contributed by atoms with Crippen LogP contribution in [0.25, 0.3) is 0 Å². The number of phenols is 1. The molecular formula is C21H32Cl2OSiTi. The summed E-state index contributed by atoms with van der Waals surface area (Å²) in [5.74, 6) is 0.856. The van der Waals surface area contributed by atoms with E-state index in [2.05, 4.69) is 91.7 Å². The van der Waals surface area contributed by atoms with Gasteiger partial charge in [0.15, 0.2) is 0 Å². The molecule has 26 heavy (non-hydrogen) atoms. The third-order valence-corrected chi connectivity index (χ3v) is 4.21. The van der Waals surface area contributed by atoms with Crippen molar-refractivity contribution in [1.29, 1.82) is 0 Å². The number of hydrogen-bond acceptors (Lipinski definition) is 1. The van der Waals surface area contributed by atoms with Crippen molar-refractivity contribution >= 4 is 38.9 Å². The SMILES string of the molecule is CC(C)(C)c1cccc(O)c1.CC1=C(C)C(C)[C-]=C1[Si].C[C](C)=[Ti+].Cl.Cl. The quantitative estimate of drug-likeness (QED) is 0.376. The minimum atomic E-state index is 0. The van der Waals surface area contributed by atoms with Crippen LogP contribution in [0.3, 0.4) is 0 Å². The molecule has 1 N–H and O–H groups in total. The van der Waals surface area contributed by atoms with Gasteiger partial charge in [0.05, 0.1) is 0 Å². The first-order valence-electron chi connectivity index (χ1n) is 8.20. The number of benzene rings is 1. The van der Waals surface area contributed by atoms with Gasteiger partial charge in [-0.3, -0.25) is 6.08 Å². The van der Waals surface area contributed by atoms with Crippen molar-refractivity contribution in [3.05, 3.63) is 52.2 Å². The Kier molecular flexibility index (Phi) is 16.4. The normalized spacial score (nSPS) is 15.3. The van der Waals surface area contributed by atoms with E-state index in [-0.39, 0.29) is 30.2 Å². The van der Waals surface area contributed by atoms with Crippen LogP contribution in [-0.2, 0) is 25.4 Å². The van der Waals surface area contributed by atoms with Gasteiger partial charge in [0.1, 0.15) is 5.75 Å². The van der Waals surface area contributed by atoms with Crippen LogP contribution in [0, 0.1) is 12.0 Å². The maximum Gasteiger partial charge on any atom is -0.147 e. The summed E-state index contributed by atoms with van der Waals surface area (Å²) in [6.07, 6.45) is 3.27. The molecule has 1 aromatic carbocycles. The number of allylic oxidation sites excluding steroid dienone is 4. The Morgan fingerprint density at radius 3 is 1.81 bits per heavy atom. The molecule has 1 atom stereocenters. The smallest absolute Gasteiger partial charge is 0.147 e. The van der Waals surface area contributed by atoms with Gasteiger partial charge in [-0.2, -0.15) is 5.57 Å². The van der Waals surface area contributed by atoms with E-state index in [1.807, 2.05) is 12.1 Å². The Balaban J connectivity index is -0.000000322. The summed E-state index contributed by atoms with van der Waals surface area (Å²) in [7, 11) is 3.48. The summed E-state index contributed by atoms with van der Waals surface area (Å²) >= 11 is 2.08. The standard InChI is InChI=1S/C10H14O.C8H10Si.C3H6.2ClH.Ti/c1-10(2,3)8-5-4-6-9(11)7-8;1-5-4-8(9)7(3)6(5)2;1-3-2;;;/h4-7,11H,1-3H3;5H,1-3H3;1-2H3;2*1H;/q;-1;;;;+1. The molecule has 0 aliphatic heterocycles. The average Bonchev–Trinajstić information content (AvgIpc) is 2.65. The molecule has 0 spiro atoms. The van der Waals surface area contributed by atoms with Crippen molar-refractivity contribution in [2.75, 3.05) is 0 Å². The third kappa shape index (κ3) is 12.3. The van der Waals surface area contributed by atoms with Crippen molar-refractivity contribution in [3.8, 4) is 5.75 Å². The third-order valence-electron chi connectivity index (χ3n) is 3.69. The van der Waals surface area contributed by atoms with E-state index >= 15 is 0 Å². The molecule has 1 aromatic rings. The first-order chi connectivity index (χ1) is 10.9. The molecule has 0 aromatic heterocycles. The summed E-state index contributed by atoms with van der Waals surface area (Å²) in [5, 5.41) is 10.3. The van der Waals surface area contributed by atoms with Crippen LogP contribution >= 0.6 is 24.8 Å². The van der Waals surface area contributed by atoms with Gasteiger partial charge in [0.25, 0.3) is 0 Å². The van der Waals surface area contributed by atoms with E-state index in [9.17, 15) is 5.11 Å². The van der Waals surface area contributed by atoms with E-state index in [0.29, 0.717) is 11.7 Å². The second kappa shape index (κ2) is 14.0. The van der Waals surface area contributed by atoms with Gasteiger partial charge < -0.3 is 5.11 Å². The van der Waals surface area contributed by atoms with E-state index < -0.39 is 0 Å². The Morgan fingerprint density at radius 2 is 1.62 bits per heavy atom. The molecule has 3 radical (unpaired) electrons. The topological polar surface area (TPSA) is 20.2 Å². The van der Waals surface area contributed by atoms with Gasteiger partial charge in [-0.15, -0.1) is 31.7 Å². The molecule has 0 saturated heterocycles. The maximum atomic E-state index is 9.18.